The highest BCUT2D eigenvalue weighted by molar-refractivity contribution is 5.88. The van der Waals surface area contributed by atoms with Crippen LogP contribution in [0.25, 0.3) is 5.65 Å². The van der Waals surface area contributed by atoms with Crippen molar-refractivity contribution in [1.29, 1.82) is 0 Å². The number of hydrogen-bond donors (Lipinski definition) is 0. The van der Waals surface area contributed by atoms with E-state index in [1.54, 1.807) is 11.8 Å². The lowest BCUT2D eigenvalue weighted by atomic mass is 9.47. The number of carbonyl (C=O) groups is 1. The van der Waals surface area contributed by atoms with E-state index in [0.717, 1.165) is 60.4 Å². The maximum Gasteiger partial charge on any atom is 0.357 e. The Kier molecular flexibility index (Phi) is 7.21. The van der Waals surface area contributed by atoms with E-state index < -0.39 is 0 Å². The van der Waals surface area contributed by atoms with E-state index in [9.17, 15) is 4.79 Å². The number of carbonyl (C=O) groups excluding carboxylic acids is 1. The van der Waals surface area contributed by atoms with Crippen molar-refractivity contribution >= 4 is 11.6 Å². The first-order valence-electron chi connectivity index (χ1n) is 16.0. The number of hydrogen-bond acceptors (Lipinski definition) is 3. The fourth-order valence-corrected chi connectivity index (χ4v) is 10.0. The summed E-state index contributed by atoms with van der Waals surface area (Å²) in [7, 11) is 0. The molecule has 39 heavy (non-hydrogen) atoms. The number of nitrogens with zero attached hydrogens (tertiary/aromatic N) is 2. The minimum absolute atomic E-state index is 0.0287. The number of rotatable bonds is 7. The molecule has 4 aliphatic rings. The summed E-state index contributed by atoms with van der Waals surface area (Å²) in [6, 6.07) is 5.79. The molecule has 0 aliphatic heterocycles. The third-order valence-corrected chi connectivity index (χ3v) is 12.2. The lowest BCUT2D eigenvalue weighted by molar-refractivity contribution is -0.0595. The topological polar surface area (TPSA) is 43.6 Å². The zero-order chi connectivity index (χ0) is 27.4. The van der Waals surface area contributed by atoms with Crippen LogP contribution in [-0.4, -0.2) is 21.5 Å². The van der Waals surface area contributed by atoms with Gasteiger partial charge in [0.25, 0.3) is 0 Å². The Labute approximate surface area is 236 Å². The van der Waals surface area contributed by atoms with Gasteiger partial charge < -0.3 is 4.74 Å². The molecule has 2 heterocycles. The normalized spacial score (nSPS) is 36.7. The van der Waals surface area contributed by atoms with Crippen LogP contribution in [0, 0.1) is 46.3 Å². The van der Waals surface area contributed by atoms with E-state index in [1.807, 2.05) is 28.8 Å². The Hall–Kier alpha value is -2.10. The smallest absolute Gasteiger partial charge is 0.357 e. The first-order chi connectivity index (χ1) is 18.7. The number of allylic oxidation sites excluding steroid dienone is 1. The van der Waals surface area contributed by atoms with E-state index in [1.165, 1.54) is 51.4 Å². The van der Waals surface area contributed by atoms with Gasteiger partial charge in [0, 0.05) is 12.6 Å². The van der Waals surface area contributed by atoms with Gasteiger partial charge in [-0.2, -0.15) is 0 Å². The third kappa shape index (κ3) is 4.68. The van der Waals surface area contributed by atoms with Crippen LogP contribution >= 0.6 is 0 Å². The van der Waals surface area contributed by atoms with Gasteiger partial charge in [-0.25, -0.2) is 9.78 Å². The average Bonchev–Trinajstić information content (AvgIpc) is 3.50. The van der Waals surface area contributed by atoms with Crippen LogP contribution in [0.3, 0.4) is 0 Å². The minimum atomic E-state index is -0.246. The molecule has 2 aromatic rings. The number of ether oxygens (including phenoxy) is 1. The van der Waals surface area contributed by atoms with Crippen molar-refractivity contribution in [3.63, 3.8) is 0 Å². The molecule has 0 saturated heterocycles. The molecule has 0 aromatic carbocycles. The fourth-order valence-electron chi connectivity index (χ4n) is 10.0. The van der Waals surface area contributed by atoms with Gasteiger partial charge >= 0.3 is 5.97 Å². The Morgan fingerprint density at radius 3 is 2.74 bits per heavy atom. The first kappa shape index (κ1) is 27.1. The van der Waals surface area contributed by atoms with Gasteiger partial charge in [0.2, 0.25) is 0 Å². The highest BCUT2D eigenvalue weighted by atomic mass is 16.5. The van der Waals surface area contributed by atoms with Gasteiger partial charge in [0.15, 0.2) is 5.69 Å². The Bertz CT molecular complexity index is 1230. The summed E-state index contributed by atoms with van der Waals surface area (Å²) in [6.07, 6.45) is 20.2. The monoisotopic (exact) mass is 530 g/mol. The molecule has 212 valence electrons. The van der Waals surface area contributed by atoms with Crippen molar-refractivity contribution in [2.24, 2.45) is 46.3 Å². The molecular weight excluding hydrogens is 480 g/mol. The SMILES string of the molecule is CC(C)CCC[C@@H](C)[C@H]1CC[C@H]2[C@@H]3CC=C4C[C@@H](OC(=O)c5cnc6ccccn56)CC[C@]4(C)[C@H]3CC[C@]12C. The minimum Gasteiger partial charge on any atom is -0.457 e. The number of imidazole rings is 1. The summed E-state index contributed by atoms with van der Waals surface area (Å²) in [6.45, 7) is 12.5. The summed E-state index contributed by atoms with van der Waals surface area (Å²) in [5, 5.41) is 0. The van der Waals surface area contributed by atoms with Crippen LogP contribution < -0.4 is 0 Å². The quantitative estimate of drug-likeness (QED) is 0.265. The fraction of sp³-hybridized carbons (Fsp3) is 0.714. The maximum absolute atomic E-state index is 13.1. The van der Waals surface area contributed by atoms with E-state index >= 15 is 0 Å². The second-order valence-corrected chi connectivity index (χ2v) is 14.6. The van der Waals surface area contributed by atoms with E-state index in [4.69, 9.17) is 4.74 Å². The van der Waals surface area contributed by atoms with Crippen molar-refractivity contribution in [3.05, 3.63) is 47.9 Å². The molecule has 2 aromatic heterocycles. The lowest BCUT2D eigenvalue weighted by Crippen LogP contribution is -2.51. The number of esters is 1. The number of fused-ring (bicyclic) bond motifs is 6. The first-order valence-corrected chi connectivity index (χ1v) is 16.0. The van der Waals surface area contributed by atoms with Crippen molar-refractivity contribution in [2.45, 2.75) is 111 Å². The van der Waals surface area contributed by atoms with Crippen molar-refractivity contribution in [1.82, 2.24) is 9.38 Å². The predicted octanol–water partition coefficient (Wildman–Crippen LogP) is 8.90. The zero-order valence-electron chi connectivity index (χ0n) is 25.0. The highest BCUT2D eigenvalue weighted by Crippen LogP contribution is 2.67. The molecule has 8 atom stereocenters. The Morgan fingerprint density at radius 2 is 1.92 bits per heavy atom. The molecule has 4 aliphatic carbocycles. The molecule has 6 rings (SSSR count). The van der Waals surface area contributed by atoms with Crippen LogP contribution in [-0.2, 0) is 4.74 Å². The van der Waals surface area contributed by atoms with Crippen LogP contribution in [0.5, 0.6) is 0 Å². The van der Waals surface area contributed by atoms with Crippen LogP contribution in [0.2, 0.25) is 0 Å². The van der Waals surface area contributed by atoms with Crippen LogP contribution in [0.4, 0.5) is 0 Å². The number of pyridine rings is 1. The van der Waals surface area contributed by atoms with Crippen molar-refractivity contribution in [2.75, 3.05) is 0 Å². The lowest BCUT2D eigenvalue weighted by Gasteiger charge is -2.58. The molecule has 4 nitrogen and oxygen atoms in total. The zero-order valence-corrected chi connectivity index (χ0v) is 25.0. The third-order valence-electron chi connectivity index (χ3n) is 12.2. The molecule has 0 radical (unpaired) electrons. The second kappa shape index (κ2) is 10.4. The van der Waals surface area contributed by atoms with Gasteiger partial charge in [0.05, 0.1) is 6.20 Å². The highest BCUT2D eigenvalue weighted by Gasteiger charge is 2.59. The number of aromatic nitrogens is 2. The van der Waals surface area contributed by atoms with Gasteiger partial charge in [0.1, 0.15) is 11.8 Å². The molecule has 0 bridgehead atoms. The summed E-state index contributed by atoms with van der Waals surface area (Å²) in [5.74, 6) is 4.86. The van der Waals surface area contributed by atoms with Gasteiger partial charge in [-0.3, -0.25) is 4.40 Å². The second-order valence-electron chi connectivity index (χ2n) is 14.6. The standard InChI is InChI=1S/C35H50N2O2/c1-23(2)9-8-10-24(3)28-14-15-29-27-13-12-25-21-26(16-18-34(25,4)30(27)17-19-35(28,29)5)39-33(38)31-22-36-32-11-6-7-20-37(31)32/h6-7,11-12,20,22-24,26-30H,8-10,13-19,21H2,1-5H3/t24-,26+,27+,28-,29+,30+,34+,35-/m1/s1. The molecule has 3 saturated carbocycles. The molecular formula is C35H50N2O2. The molecule has 0 spiro atoms. The molecule has 0 N–H and O–H groups in total. The summed E-state index contributed by atoms with van der Waals surface area (Å²) >= 11 is 0. The van der Waals surface area contributed by atoms with Crippen LogP contribution in [0.15, 0.2) is 42.2 Å². The van der Waals surface area contributed by atoms with E-state index in [-0.39, 0.29) is 17.5 Å². The summed E-state index contributed by atoms with van der Waals surface area (Å²) in [5.41, 5.74) is 3.69. The van der Waals surface area contributed by atoms with E-state index in [0.29, 0.717) is 11.1 Å². The molecule has 3 fully saturated rings. The summed E-state index contributed by atoms with van der Waals surface area (Å²) in [4.78, 5) is 17.5. The van der Waals surface area contributed by atoms with Gasteiger partial charge in [-0.05, 0) is 103 Å². The summed E-state index contributed by atoms with van der Waals surface area (Å²) < 4.78 is 7.94. The average molecular weight is 531 g/mol. The molecule has 0 amide bonds. The Morgan fingerprint density at radius 1 is 1.08 bits per heavy atom. The van der Waals surface area contributed by atoms with Crippen LogP contribution in [0.1, 0.15) is 116 Å². The van der Waals surface area contributed by atoms with E-state index in [2.05, 4.69) is 45.7 Å². The molecule has 0 unspecified atom stereocenters. The van der Waals surface area contributed by atoms with Gasteiger partial charge in [-0.1, -0.05) is 71.6 Å². The Balaban J connectivity index is 1.13. The maximum atomic E-state index is 13.1. The van der Waals surface area contributed by atoms with Crippen molar-refractivity contribution in [3.8, 4) is 0 Å². The van der Waals surface area contributed by atoms with Crippen molar-refractivity contribution < 1.29 is 9.53 Å². The largest absolute Gasteiger partial charge is 0.457 e. The van der Waals surface area contributed by atoms with Gasteiger partial charge in [-0.15, -0.1) is 0 Å². The molecule has 4 heteroatoms. The predicted molar refractivity (Wildman–Crippen MR) is 157 cm³/mol.